The van der Waals surface area contributed by atoms with E-state index < -0.39 is 22.9 Å². The third-order valence-electron chi connectivity index (χ3n) is 6.89. The minimum atomic E-state index is -0.632. The average Bonchev–Trinajstić information content (AvgIpc) is 3.10. The molecule has 0 bridgehead atoms. The van der Waals surface area contributed by atoms with Gasteiger partial charge in [-0.1, -0.05) is 78.9 Å². The summed E-state index contributed by atoms with van der Waals surface area (Å²) in [5.41, 5.74) is 2.21. The third kappa shape index (κ3) is 8.96. The smallest absolute Gasteiger partial charge is 0.272 e. The molecule has 7 nitrogen and oxygen atoms in total. The molecule has 0 aliphatic rings. The number of hydrogen-bond acceptors (Lipinski definition) is 5. The summed E-state index contributed by atoms with van der Waals surface area (Å²) in [4.78, 5) is 40.7. The van der Waals surface area contributed by atoms with Crippen LogP contribution in [-0.4, -0.2) is 24.3 Å². The third-order valence-corrected chi connectivity index (χ3v) is 8.15. The van der Waals surface area contributed by atoms with Gasteiger partial charge in [-0.15, -0.1) is 11.8 Å². The summed E-state index contributed by atoms with van der Waals surface area (Å²) in [5.74, 6) is -1.31. The summed E-state index contributed by atoms with van der Waals surface area (Å²) in [7, 11) is 0. The van der Waals surface area contributed by atoms with Gasteiger partial charge in [0.2, 0.25) is 5.91 Å². The fourth-order valence-electron chi connectivity index (χ4n) is 4.59. The van der Waals surface area contributed by atoms with Crippen molar-refractivity contribution in [2.75, 3.05) is 17.2 Å². The Hall–Kier alpha value is -5.67. The van der Waals surface area contributed by atoms with Gasteiger partial charge < -0.3 is 20.7 Å². The van der Waals surface area contributed by atoms with Crippen molar-refractivity contribution in [3.63, 3.8) is 0 Å². The van der Waals surface area contributed by atoms with Crippen molar-refractivity contribution < 1.29 is 23.5 Å². The number of para-hydroxylation sites is 2. The minimum absolute atomic E-state index is 0.129. The molecule has 0 aromatic heterocycles. The highest BCUT2D eigenvalue weighted by molar-refractivity contribution is 8.00. The second-order valence-electron chi connectivity index (χ2n) is 10.2. The van der Waals surface area contributed by atoms with Gasteiger partial charge in [0.05, 0.1) is 12.3 Å². The van der Waals surface area contributed by atoms with E-state index in [4.69, 9.17) is 4.74 Å². The van der Waals surface area contributed by atoms with Crippen LogP contribution in [0.1, 0.15) is 33.7 Å². The average molecular weight is 646 g/mol. The largest absolute Gasteiger partial charge is 0.492 e. The molecule has 0 spiro atoms. The lowest BCUT2D eigenvalue weighted by Gasteiger charge is -2.19. The van der Waals surface area contributed by atoms with Crippen LogP contribution >= 0.6 is 11.8 Å². The van der Waals surface area contributed by atoms with Gasteiger partial charge in [0.15, 0.2) is 0 Å². The molecular weight excluding hydrogens is 614 g/mol. The van der Waals surface area contributed by atoms with Gasteiger partial charge in [-0.05, 0) is 73.2 Å². The van der Waals surface area contributed by atoms with E-state index in [0.717, 1.165) is 10.5 Å². The molecule has 9 heteroatoms. The molecule has 0 fully saturated rings. The Morgan fingerprint density at radius 1 is 0.766 bits per heavy atom. The minimum Gasteiger partial charge on any atom is -0.492 e. The molecule has 5 aromatic carbocycles. The molecule has 236 valence electrons. The highest BCUT2D eigenvalue weighted by Gasteiger charge is 2.23. The quantitative estimate of drug-likeness (QED) is 0.0941. The molecule has 1 atom stereocenters. The van der Waals surface area contributed by atoms with Crippen LogP contribution in [0.3, 0.4) is 0 Å². The SMILES string of the molecule is CCOc1ccccc1NC(=O)C(Sc1ccc(NC(=O)/C(=C/c2ccccc2F)NC(=O)c2ccccc2)cc1)c1ccccc1. The van der Waals surface area contributed by atoms with Crippen molar-refractivity contribution in [2.24, 2.45) is 0 Å². The molecule has 3 amide bonds. The second kappa shape index (κ2) is 16.1. The Kier molecular flexibility index (Phi) is 11.2. The number of carbonyl (C=O) groups excluding carboxylic acids is 3. The van der Waals surface area contributed by atoms with Crippen LogP contribution in [0.15, 0.2) is 144 Å². The highest BCUT2D eigenvalue weighted by Crippen LogP contribution is 2.37. The van der Waals surface area contributed by atoms with Crippen molar-refractivity contribution in [1.29, 1.82) is 0 Å². The van der Waals surface area contributed by atoms with Gasteiger partial charge in [-0.3, -0.25) is 14.4 Å². The summed E-state index contributed by atoms with van der Waals surface area (Å²) in [6.45, 7) is 2.35. The van der Waals surface area contributed by atoms with E-state index in [2.05, 4.69) is 16.0 Å². The van der Waals surface area contributed by atoms with Crippen molar-refractivity contribution >= 4 is 46.9 Å². The monoisotopic (exact) mass is 645 g/mol. The van der Waals surface area contributed by atoms with E-state index in [1.807, 2.05) is 49.4 Å². The molecule has 47 heavy (non-hydrogen) atoms. The maximum Gasteiger partial charge on any atom is 0.272 e. The molecule has 0 saturated carbocycles. The number of thioether (sulfide) groups is 1. The number of ether oxygens (including phenoxy) is 1. The molecular formula is C38H32FN3O4S. The maximum absolute atomic E-state index is 14.5. The van der Waals surface area contributed by atoms with Crippen LogP contribution in [0, 0.1) is 5.82 Å². The van der Waals surface area contributed by atoms with Crippen LogP contribution in [0.4, 0.5) is 15.8 Å². The van der Waals surface area contributed by atoms with Gasteiger partial charge in [0.1, 0.15) is 22.5 Å². The first-order chi connectivity index (χ1) is 22.9. The number of anilines is 2. The Bertz CT molecular complexity index is 1870. The van der Waals surface area contributed by atoms with E-state index in [-0.39, 0.29) is 17.2 Å². The first kappa shape index (κ1) is 32.7. The van der Waals surface area contributed by atoms with Gasteiger partial charge in [-0.2, -0.15) is 0 Å². The van der Waals surface area contributed by atoms with E-state index in [0.29, 0.717) is 29.3 Å². The van der Waals surface area contributed by atoms with Gasteiger partial charge >= 0.3 is 0 Å². The topological polar surface area (TPSA) is 96.5 Å². The number of hydrogen-bond donors (Lipinski definition) is 3. The molecule has 0 aliphatic heterocycles. The van der Waals surface area contributed by atoms with Crippen LogP contribution in [0.5, 0.6) is 5.75 Å². The Morgan fingerprint density at radius 2 is 1.40 bits per heavy atom. The lowest BCUT2D eigenvalue weighted by molar-refractivity contribution is -0.116. The lowest BCUT2D eigenvalue weighted by atomic mass is 10.1. The number of amides is 3. The molecule has 3 N–H and O–H groups in total. The van der Waals surface area contributed by atoms with E-state index >= 15 is 0 Å². The predicted molar refractivity (Wildman–Crippen MR) is 185 cm³/mol. The standard InChI is InChI=1S/C38H32FN3O4S/c1-2-46-34-20-12-11-19-32(34)41-38(45)35(26-13-5-3-6-14-26)47-30-23-21-29(22-24-30)40-37(44)33(25-28-17-9-10-18-31(28)39)42-36(43)27-15-7-4-8-16-27/h3-25,35H,2H2,1H3,(H,40,44)(H,41,45)(H,42,43)/b33-25-. The normalized spacial score (nSPS) is 11.7. The fourth-order valence-corrected chi connectivity index (χ4v) is 5.62. The molecule has 0 radical (unpaired) electrons. The van der Waals surface area contributed by atoms with Crippen molar-refractivity contribution in [2.45, 2.75) is 17.1 Å². The Balaban J connectivity index is 1.33. The summed E-state index contributed by atoms with van der Waals surface area (Å²) < 4.78 is 20.2. The predicted octanol–water partition coefficient (Wildman–Crippen LogP) is 8.11. The van der Waals surface area contributed by atoms with Gasteiger partial charge in [0, 0.05) is 21.7 Å². The Morgan fingerprint density at radius 3 is 2.11 bits per heavy atom. The molecule has 0 saturated heterocycles. The van der Waals surface area contributed by atoms with Crippen molar-refractivity contribution in [3.05, 3.63) is 162 Å². The summed E-state index contributed by atoms with van der Waals surface area (Å²) in [5, 5.41) is 7.81. The van der Waals surface area contributed by atoms with Crippen LogP contribution in [-0.2, 0) is 9.59 Å². The Labute approximate surface area is 276 Å². The molecule has 1 unspecified atom stereocenters. The zero-order valence-electron chi connectivity index (χ0n) is 25.5. The molecule has 5 aromatic rings. The zero-order valence-corrected chi connectivity index (χ0v) is 26.3. The fraction of sp³-hybridized carbons (Fsp3) is 0.0789. The number of rotatable bonds is 12. The van der Waals surface area contributed by atoms with E-state index in [1.54, 1.807) is 78.9 Å². The van der Waals surface area contributed by atoms with Crippen molar-refractivity contribution in [1.82, 2.24) is 5.32 Å². The number of nitrogens with one attached hydrogen (secondary N) is 3. The van der Waals surface area contributed by atoms with E-state index in [9.17, 15) is 18.8 Å². The summed E-state index contributed by atoms with van der Waals surface area (Å²) in [6, 6.07) is 38.1. The summed E-state index contributed by atoms with van der Waals surface area (Å²) >= 11 is 1.36. The van der Waals surface area contributed by atoms with Crippen LogP contribution in [0.25, 0.3) is 6.08 Å². The molecule has 5 rings (SSSR count). The van der Waals surface area contributed by atoms with Crippen LogP contribution < -0.4 is 20.7 Å². The maximum atomic E-state index is 14.5. The van der Waals surface area contributed by atoms with Crippen LogP contribution in [0.2, 0.25) is 0 Å². The number of carbonyl (C=O) groups is 3. The van der Waals surface area contributed by atoms with E-state index in [1.165, 1.54) is 30.0 Å². The second-order valence-corrected chi connectivity index (χ2v) is 11.4. The van der Waals surface area contributed by atoms with Crippen molar-refractivity contribution in [3.8, 4) is 5.75 Å². The number of halogens is 1. The van der Waals surface area contributed by atoms with Gasteiger partial charge in [-0.25, -0.2) is 4.39 Å². The zero-order chi connectivity index (χ0) is 33.0. The summed E-state index contributed by atoms with van der Waals surface area (Å²) in [6.07, 6.45) is 1.29. The first-order valence-electron chi connectivity index (χ1n) is 14.9. The van der Waals surface area contributed by atoms with Gasteiger partial charge in [0.25, 0.3) is 11.8 Å². The lowest BCUT2D eigenvalue weighted by Crippen LogP contribution is -2.30. The molecule has 0 aliphatic carbocycles. The number of benzene rings is 5. The highest BCUT2D eigenvalue weighted by atomic mass is 32.2. The molecule has 0 heterocycles. The first-order valence-corrected chi connectivity index (χ1v) is 15.8.